The van der Waals surface area contributed by atoms with Crippen LogP contribution in [0.3, 0.4) is 0 Å². The number of rotatable bonds is 8. The highest BCUT2D eigenvalue weighted by Gasteiger charge is 2.31. The quantitative estimate of drug-likeness (QED) is 0.104. The van der Waals surface area contributed by atoms with Gasteiger partial charge in [0.15, 0.2) is 11.2 Å². The van der Waals surface area contributed by atoms with E-state index in [2.05, 4.69) is 20.6 Å². The fourth-order valence-electron chi connectivity index (χ4n) is 4.60. The molecular weight excluding hydrogens is 674 g/mol. The number of carboxylic acids is 1. The smallest absolute Gasteiger partial charge is 0.416 e. The van der Waals surface area contributed by atoms with E-state index in [1.165, 1.54) is 42.5 Å². The van der Waals surface area contributed by atoms with Gasteiger partial charge < -0.3 is 29.3 Å². The number of esters is 1. The Balaban J connectivity index is 0.000000194. The average Bonchev–Trinajstić information content (AvgIpc) is 3.66. The Labute approximate surface area is 278 Å². The first kappa shape index (κ1) is 35.3. The highest BCUT2D eigenvalue weighted by molar-refractivity contribution is 5.94. The molecule has 0 aliphatic rings. The number of nitrogens with one attached hydrogen (secondary N) is 2. The zero-order valence-electron chi connectivity index (χ0n) is 26.1. The number of nitrogens with zero attached hydrogens (tertiary/aromatic N) is 2. The van der Waals surface area contributed by atoms with Gasteiger partial charge in [-0.1, -0.05) is 6.92 Å². The molecule has 260 valence electrons. The third-order valence-electron chi connectivity index (χ3n) is 7.03. The van der Waals surface area contributed by atoms with Crippen LogP contribution < -0.4 is 10.6 Å². The Morgan fingerprint density at radius 2 is 1.24 bits per heavy atom. The zero-order valence-corrected chi connectivity index (χ0v) is 26.1. The van der Waals surface area contributed by atoms with Crippen molar-refractivity contribution in [3.8, 4) is 0 Å². The number of fused-ring (bicyclic) bond motifs is 2. The molecule has 0 atom stereocenters. The number of ether oxygens (including phenoxy) is 1. The molecule has 0 saturated carbocycles. The van der Waals surface area contributed by atoms with Gasteiger partial charge in [-0.15, -0.1) is 0 Å². The number of carboxylic acid groups (broad SMARTS) is 1. The Bertz CT molecular complexity index is 2140. The molecule has 6 aromatic rings. The van der Waals surface area contributed by atoms with Crippen molar-refractivity contribution in [3.05, 3.63) is 107 Å². The van der Waals surface area contributed by atoms with Crippen LogP contribution >= 0.6 is 0 Å². The molecule has 4 aromatic carbocycles. The summed E-state index contributed by atoms with van der Waals surface area (Å²) in [5.41, 5.74) is 2.06. The van der Waals surface area contributed by atoms with Crippen molar-refractivity contribution in [2.45, 2.75) is 32.6 Å². The van der Waals surface area contributed by atoms with Gasteiger partial charge in [0.25, 0.3) is 12.0 Å². The molecule has 0 bridgehead atoms. The zero-order chi connectivity index (χ0) is 36.2. The number of aromatic nitrogens is 2. The molecule has 3 N–H and O–H groups in total. The molecule has 0 radical (unpaired) electrons. The van der Waals surface area contributed by atoms with Crippen LogP contribution in [0.25, 0.3) is 22.2 Å². The van der Waals surface area contributed by atoms with E-state index >= 15 is 0 Å². The molecule has 0 unspecified atom stereocenters. The second-order valence-electron chi connectivity index (χ2n) is 10.5. The molecule has 0 fully saturated rings. The Kier molecular flexibility index (Phi) is 10.0. The number of alkyl halides is 6. The molecule has 0 aliphatic carbocycles. The normalized spacial score (nSPS) is 11.6. The highest BCUT2D eigenvalue weighted by Crippen LogP contribution is 2.32. The van der Waals surface area contributed by atoms with Crippen LogP contribution in [-0.2, 0) is 23.5 Å². The number of aromatic carboxylic acids is 1. The molecule has 0 spiro atoms. The molecule has 6 rings (SSSR count). The number of halogens is 6. The Hall–Kier alpha value is -6.06. The van der Waals surface area contributed by atoms with Gasteiger partial charge in [-0.2, -0.15) is 36.3 Å². The minimum atomic E-state index is -4.40. The minimum Gasteiger partial charge on any atom is -0.478 e. The number of anilines is 4. The standard InChI is InChI=1S/2C17H13F3N2O3/c1-2-24-15(23)10-3-8-13-14(9-10)25-16(22-13)21-12-6-4-11(5-7-12)17(18,19)20;1-2-9-7-10(15(23)24)8-13-14(9)22-16(25-13)21-12-5-3-11(4-6-12)17(18,19)20/h3-9H,2H2,1H3,(H,21,22);3-8H,2H2,1H3,(H,21,22)(H,23,24). The van der Waals surface area contributed by atoms with Crippen LogP contribution in [0.2, 0.25) is 0 Å². The number of carbonyl (C=O) groups excluding carboxylic acids is 1. The summed E-state index contributed by atoms with van der Waals surface area (Å²) < 4.78 is 91.3. The third kappa shape index (κ3) is 8.32. The van der Waals surface area contributed by atoms with Crippen molar-refractivity contribution in [1.82, 2.24) is 9.97 Å². The summed E-state index contributed by atoms with van der Waals surface area (Å²) in [5.74, 6) is -1.55. The van der Waals surface area contributed by atoms with Gasteiger partial charge in [-0.05, 0) is 97.8 Å². The fraction of sp³-hybridized carbons (Fsp3) is 0.176. The minimum absolute atomic E-state index is 0.0759. The number of hydrogen-bond acceptors (Lipinski definition) is 9. The van der Waals surface area contributed by atoms with E-state index in [1.807, 2.05) is 6.92 Å². The van der Waals surface area contributed by atoms with E-state index in [0.29, 0.717) is 51.1 Å². The maximum atomic E-state index is 12.6. The van der Waals surface area contributed by atoms with Crippen molar-refractivity contribution in [1.29, 1.82) is 0 Å². The van der Waals surface area contributed by atoms with E-state index in [9.17, 15) is 35.9 Å². The van der Waals surface area contributed by atoms with Crippen molar-refractivity contribution in [2.24, 2.45) is 0 Å². The summed E-state index contributed by atoms with van der Waals surface area (Å²) in [6, 6.07) is 16.6. The lowest BCUT2D eigenvalue weighted by atomic mass is 10.1. The van der Waals surface area contributed by atoms with Crippen LogP contribution in [0.1, 0.15) is 51.3 Å². The fourth-order valence-corrected chi connectivity index (χ4v) is 4.60. The summed E-state index contributed by atoms with van der Waals surface area (Å²) in [7, 11) is 0. The van der Waals surface area contributed by atoms with Crippen LogP contribution in [0, 0.1) is 0 Å². The maximum absolute atomic E-state index is 12.6. The predicted octanol–water partition coefficient (Wildman–Crippen LogP) is 9.62. The summed E-state index contributed by atoms with van der Waals surface area (Å²) in [4.78, 5) is 31.3. The van der Waals surface area contributed by atoms with Crippen LogP contribution in [0.4, 0.5) is 49.7 Å². The van der Waals surface area contributed by atoms with Gasteiger partial charge in [-0.25, -0.2) is 9.59 Å². The summed E-state index contributed by atoms with van der Waals surface area (Å²) >= 11 is 0. The second kappa shape index (κ2) is 14.2. The third-order valence-corrected chi connectivity index (χ3v) is 7.03. The van der Waals surface area contributed by atoms with Gasteiger partial charge >= 0.3 is 24.3 Å². The van der Waals surface area contributed by atoms with Crippen molar-refractivity contribution in [2.75, 3.05) is 17.2 Å². The maximum Gasteiger partial charge on any atom is 0.416 e. The van der Waals surface area contributed by atoms with E-state index in [4.69, 9.17) is 18.7 Å². The van der Waals surface area contributed by atoms with Crippen molar-refractivity contribution in [3.63, 3.8) is 0 Å². The molecule has 0 aliphatic heterocycles. The average molecular weight is 701 g/mol. The molecule has 2 aromatic heterocycles. The Morgan fingerprint density at radius 3 is 1.74 bits per heavy atom. The molecular formula is C34H26F6N4O6. The first-order chi connectivity index (χ1) is 23.6. The monoisotopic (exact) mass is 700 g/mol. The van der Waals surface area contributed by atoms with Crippen LogP contribution in [-0.4, -0.2) is 33.6 Å². The van der Waals surface area contributed by atoms with Crippen molar-refractivity contribution >= 4 is 57.5 Å². The van der Waals surface area contributed by atoms with Crippen LogP contribution in [0.5, 0.6) is 0 Å². The number of hydrogen-bond donors (Lipinski definition) is 3. The molecule has 0 saturated heterocycles. The lowest BCUT2D eigenvalue weighted by molar-refractivity contribution is -0.138. The molecule has 50 heavy (non-hydrogen) atoms. The van der Waals surface area contributed by atoms with Gasteiger partial charge in [-0.3, -0.25) is 0 Å². The van der Waals surface area contributed by atoms with Gasteiger partial charge in [0, 0.05) is 11.4 Å². The predicted molar refractivity (Wildman–Crippen MR) is 170 cm³/mol. The molecule has 0 amide bonds. The topological polar surface area (TPSA) is 140 Å². The first-order valence-electron chi connectivity index (χ1n) is 14.8. The lowest BCUT2D eigenvalue weighted by Gasteiger charge is -2.07. The number of aryl methyl sites for hydroxylation is 1. The first-order valence-corrected chi connectivity index (χ1v) is 14.8. The molecule has 2 heterocycles. The lowest BCUT2D eigenvalue weighted by Crippen LogP contribution is -2.04. The number of oxazole rings is 2. The SMILES string of the molecule is CCOC(=O)c1ccc2nc(Nc3ccc(C(F)(F)F)cc3)oc2c1.CCc1cc(C(=O)O)cc2oc(Nc3ccc(C(F)(F)F)cc3)nc12. The summed E-state index contributed by atoms with van der Waals surface area (Å²) in [6.45, 7) is 3.82. The number of benzene rings is 4. The van der Waals surface area contributed by atoms with Crippen LogP contribution in [0.15, 0.2) is 87.7 Å². The van der Waals surface area contributed by atoms with E-state index < -0.39 is 35.4 Å². The van der Waals surface area contributed by atoms with E-state index in [1.54, 1.807) is 19.1 Å². The summed E-state index contributed by atoms with van der Waals surface area (Å²) in [6.07, 6.45) is -8.23. The van der Waals surface area contributed by atoms with Gasteiger partial charge in [0.1, 0.15) is 11.0 Å². The molecule has 16 heteroatoms. The van der Waals surface area contributed by atoms with E-state index in [0.717, 1.165) is 24.3 Å². The highest BCUT2D eigenvalue weighted by atomic mass is 19.4. The molecule has 10 nitrogen and oxygen atoms in total. The second-order valence-corrected chi connectivity index (χ2v) is 10.5. The van der Waals surface area contributed by atoms with Gasteiger partial charge in [0.2, 0.25) is 0 Å². The Morgan fingerprint density at radius 1 is 0.720 bits per heavy atom. The van der Waals surface area contributed by atoms with E-state index in [-0.39, 0.29) is 24.2 Å². The summed E-state index contributed by atoms with van der Waals surface area (Å²) in [5, 5.41) is 14.7. The van der Waals surface area contributed by atoms with Gasteiger partial charge in [0.05, 0.1) is 28.9 Å². The van der Waals surface area contributed by atoms with Crippen molar-refractivity contribution < 1.29 is 54.6 Å². The number of carbonyl (C=O) groups is 2. The largest absolute Gasteiger partial charge is 0.478 e.